The van der Waals surface area contributed by atoms with Crippen LogP contribution in [-0.2, 0) is 10.0 Å². The summed E-state index contributed by atoms with van der Waals surface area (Å²) in [4.78, 5) is 0.0140. The maximum Gasteiger partial charge on any atom is 0.242 e. The van der Waals surface area contributed by atoms with Crippen LogP contribution in [0.25, 0.3) is 0 Å². The molecule has 0 spiro atoms. The monoisotopic (exact) mass is 326 g/mol. The van der Waals surface area contributed by atoms with E-state index in [0.29, 0.717) is 16.5 Å². The molecule has 0 aliphatic heterocycles. The van der Waals surface area contributed by atoms with Crippen LogP contribution in [0.2, 0.25) is 5.02 Å². The lowest BCUT2D eigenvalue weighted by Gasteiger charge is -2.11. The Kier molecular flexibility index (Phi) is 4.41. The highest BCUT2D eigenvalue weighted by Gasteiger charge is 2.16. The van der Waals surface area contributed by atoms with Gasteiger partial charge in [0.1, 0.15) is 16.4 Å². The fraction of sp³-hybridized carbons (Fsp3) is 0.143. The summed E-state index contributed by atoms with van der Waals surface area (Å²) in [5.41, 5.74) is 6.80. The van der Waals surface area contributed by atoms with Crippen LogP contribution in [-0.4, -0.2) is 15.5 Å². The van der Waals surface area contributed by atoms with E-state index in [0.717, 1.165) is 5.56 Å². The number of nitrogens with one attached hydrogen (secondary N) is 1. The largest absolute Gasteiger partial charge is 0.457 e. The fourth-order valence-corrected chi connectivity index (χ4v) is 2.75. The number of rotatable bonds is 4. The van der Waals surface area contributed by atoms with E-state index in [1.54, 1.807) is 18.2 Å². The number of ether oxygens (including phenoxy) is 1. The zero-order valence-corrected chi connectivity index (χ0v) is 13.1. The molecular formula is C14H15ClN2O3S. The summed E-state index contributed by atoms with van der Waals surface area (Å²) in [6, 6.07) is 9.69. The summed E-state index contributed by atoms with van der Waals surface area (Å²) >= 11 is 5.93. The second-order valence-electron chi connectivity index (χ2n) is 4.42. The highest BCUT2D eigenvalue weighted by atomic mass is 35.5. The summed E-state index contributed by atoms with van der Waals surface area (Å²) < 4.78 is 31.4. The van der Waals surface area contributed by atoms with Gasteiger partial charge in [0.05, 0.1) is 5.69 Å². The number of hydrogen-bond acceptors (Lipinski definition) is 4. The van der Waals surface area contributed by atoms with Gasteiger partial charge in [0, 0.05) is 11.1 Å². The molecule has 0 saturated heterocycles. The topological polar surface area (TPSA) is 81.4 Å². The number of nitrogen functional groups attached to an aromatic ring is 1. The van der Waals surface area contributed by atoms with E-state index in [9.17, 15) is 8.42 Å². The minimum atomic E-state index is -3.59. The molecule has 5 nitrogen and oxygen atoms in total. The van der Waals surface area contributed by atoms with E-state index in [4.69, 9.17) is 22.1 Å². The summed E-state index contributed by atoms with van der Waals surface area (Å²) in [6.45, 7) is 1.88. The van der Waals surface area contributed by atoms with E-state index < -0.39 is 10.0 Å². The van der Waals surface area contributed by atoms with Crippen molar-refractivity contribution in [3.05, 3.63) is 47.0 Å². The molecule has 0 fully saturated rings. The van der Waals surface area contributed by atoms with Crippen LogP contribution in [0.1, 0.15) is 5.56 Å². The molecule has 0 aromatic heterocycles. The second-order valence-corrected chi connectivity index (χ2v) is 6.71. The number of nitrogens with two attached hydrogens (primary N) is 1. The van der Waals surface area contributed by atoms with Crippen LogP contribution < -0.4 is 15.2 Å². The van der Waals surface area contributed by atoms with Crippen LogP contribution in [0.5, 0.6) is 11.5 Å². The van der Waals surface area contributed by atoms with Crippen molar-refractivity contribution in [1.82, 2.24) is 4.72 Å². The van der Waals surface area contributed by atoms with E-state index in [-0.39, 0.29) is 10.6 Å². The van der Waals surface area contributed by atoms with Gasteiger partial charge in [0.2, 0.25) is 10.0 Å². The number of halogens is 1. The maximum atomic E-state index is 11.7. The van der Waals surface area contributed by atoms with E-state index in [2.05, 4.69) is 4.72 Å². The molecule has 7 heteroatoms. The van der Waals surface area contributed by atoms with Gasteiger partial charge >= 0.3 is 0 Å². The van der Waals surface area contributed by atoms with Crippen molar-refractivity contribution in [2.24, 2.45) is 0 Å². The van der Waals surface area contributed by atoms with Gasteiger partial charge < -0.3 is 10.5 Å². The van der Waals surface area contributed by atoms with Gasteiger partial charge in [-0.25, -0.2) is 13.1 Å². The zero-order valence-electron chi connectivity index (χ0n) is 11.6. The van der Waals surface area contributed by atoms with E-state index in [1.807, 2.05) is 13.0 Å². The standard InChI is InChI=1S/C14H15ClN2O3S/c1-9-3-4-10(15)7-13(9)20-11-5-6-14(12(16)8-11)21(18,19)17-2/h3-8,17H,16H2,1-2H3. The number of hydrogen-bond donors (Lipinski definition) is 2. The number of sulfonamides is 1. The first-order valence-electron chi connectivity index (χ1n) is 6.10. The minimum absolute atomic E-state index is 0.0140. The van der Waals surface area contributed by atoms with Gasteiger partial charge in [-0.3, -0.25) is 0 Å². The number of aryl methyl sites for hydroxylation is 1. The molecule has 3 N–H and O–H groups in total. The van der Waals surface area contributed by atoms with Gasteiger partial charge in [-0.1, -0.05) is 17.7 Å². The SMILES string of the molecule is CNS(=O)(=O)c1ccc(Oc2cc(Cl)ccc2C)cc1N. The van der Waals surface area contributed by atoms with Crippen LogP contribution in [0.4, 0.5) is 5.69 Å². The third-order valence-electron chi connectivity index (χ3n) is 2.92. The summed E-state index contributed by atoms with van der Waals surface area (Å²) in [5.74, 6) is 1.03. The normalized spacial score (nSPS) is 11.4. The molecule has 0 saturated carbocycles. The summed E-state index contributed by atoms with van der Waals surface area (Å²) in [7, 11) is -2.26. The third kappa shape index (κ3) is 3.47. The Morgan fingerprint density at radius 2 is 1.90 bits per heavy atom. The summed E-state index contributed by atoms with van der Waals surface area (Å²) in [6.07, 6.45) is 0. The Balaban J connectivity index is 2.35. The Morgan fingerprint density at radius 1 is 1.19 bits per heavy atom. The van der Waals surface area contributed by atoms with Gasteiger partial charge in [0.25, 0.3) is 0 Å². The fourth-order valence-electron chi connectivity index (χ4n) is 1.76. The first-order chi connectivity index (χ1) is 9.83. The molecule has 0 amide bonds. The average Bonchev–Trinajstić information content (AvgIpc) is 2.43. The highest BCUT2D eigenvalue weighted by Crippen LogP contribution is 2.30. The lowest BCUT2D eigenvalue weighted by molar-refractivity contribution is 0.479. The van der Waals surface area contributed by atoms with Gasteiger partial charge in [-0.2, -0.15) is 0 Å². The predicted molar refractivity (Wildman–Crippen MR) is 83.4 cm³/mol. The first-order valence-corrected chi connectivity index (χ1v) is 7.96. The molecule has 2 rings (SSSR count). The molecule has 112 valence electrons. The lowest BCUT2D eigenvalue weighted by Crippen LogP contribution is -2.19. The lowest BCUT2D eigenvalue weighted by atomic mass is 10.2. The number of anilines is 1. The molecular weight excluding hydrogens is 312 g/mol. The van der Waals surface area contributed by atoms with E-state index >= 15 is 0 Å². The van der Waals surface area contributed by atoms with Crippen LogP contribution in [0.15, 0.2) is 41.3 Å². The molecule has 0 unspecified atom stereocenters. The molecule has 0 aliphatic rings. The minimum Gasteiger partial charge on any atom is -0.457 e. The smallest absolute Gasteiger partial charge is 0.242 e. The Labute approximate surface area is 128 Å². The van der Waals surface area contributed by atoms with Crippen molar-refractivity contribution in [2.45, 2.75) is 11.8 Å². The quantitative estimate of drug-likeness (QED) is 0.846. The van der Waals surface area contributed by atoms with Crippen molar-refractivity contribution in [3.63, 3.8) is 0 Å². The Hall–Kier alpha value is -1.76. The van der Waals surface area contributed by atoms with Crippen molar-refractivity contribution in [1.29, 1.82) is 0 Å². The molecule has 2 aromatic rings. The highest BCUT2D eigenvalue weighted by molar-refractivity contribution is 7.89. The van der Waals surface area contributed by atoms with E-state index in [1.165, 1.54) is 19.2 Å². The molecule has 2 aromatic carbocycles. The average molecular weight is 327 g/mol. The first kappa shape index (κ1) is 15.6. The van der Waals surface area contributed by atoms with Crippen LogP contribution in [0.3, 0.4) is 0 Å². The molecule has 0 bridgehead atoms. The number of benzene rings is 2. The maximum absolute atomic E-state index is 11.7. The van der Waals surface area contributed by atoms with Crippen LogP contribution >= 0.6 is 11.6 Å². The predicted octanol–water partition coefficient (Wildman–Crippen LogP) is 2.93. The van der Waals surface area contributed by atoms with Crippen molar-refractivity contribution < 1.29 is 13.2 Å². The second kappa shape index (κ2) is 5.93. The Morgan fingerprint density at radius 3 is 2.52 bits per heavy atom. The van der Waals surface area contributed by atoms with Crippen molar-refractivity contribution in [3.8, 4) is 11.5 Å². The molecule has 0 radical (unpaired) electrons. The molecule has 0 aliphatic carbocycles. The van der Waals surface area contributed by atoms with Gasteiger partial charge in [-0.05, 0) is 43.8 Å². The van der Waals surface area contributed by atoms with Gasteiger partial charge in [-0.15, -0.1) is 0 Å². The zero-order chi connectivity index (χ0) is 15.6. The molecule has 0 atom stereocenters. The van der Waals surface area contributed by atoms with Crippen molar-refractivity contribution in [2.75, 3.05) is 12.8 Å². The molecule has 0 heterocycles. The van der Waals surface area contributed by atoms with Crippen LogP contribution in [0, 0.1) is 6.92 Å². The Bertz CT molecular complexity index is 776. The molecule has 21 heavy (non-hydrogen) atoms. The van der Waals surface area contributed by atoms with Crippen molar-refractivity contribution >= 4 is 27.3 Å². The third-order valence-corrected chi connectivity index (χ3v) is 4.64. The van der Waals surface area contributed by atoms with Gasteiger partial charge in [0.15, 0.2) is 0 Å². The summed E-state index contributed by atoms with van der Waals surface area (Å²) in [5, 5.41) is 0.554.